The number of carbonyl (C=O) groups is 1. The van der Waals surface area contributed by atoms with E-state index in [0.29, 0.717) is 23.7 Å². The molecule has 1 amide bonds. The number of amides is 1. The fourth-order valence-electron chi connectivity index (χ4n) is 3.77. The highest BCUT2D eigenvalue weighted by Gasteiger charge is 2.41. The van der Waals surface area contributed by atoms with Gasteiger partial charge in [0.15, 0.2) is 5.85 Å². The van der Waals surface area contributed by atoms with Crippen molar-refractivity contribution in [3.63, 3.8) is 0 Å². The molecule has 3 unspecified atom stereocenters. The SMILES string of the molecule is Cc1ccccc1C(O)P(=O)(OC(CCc1ccccc1)C(=O)NC(C)(C)C)c1ccccc1. The van der Waals surface area contributed by atoms with Gasteiger partial charge in [-0.05, 0) is 69.4 Å². The smallest absolute Gasteiger partial charge is 0.264 e. The van der Waals surface area contributed by atoms with Crippen LogP contribution in [0.15, 0.2) is 84.9 Å². The number of benzene rings is 3. The summed E-state index contributed by atoms with van der Waals surface area (Å²) in [6, 6.07) is 25.7. The highest BCUT2D eigenvalue weighted by molar-refractivity contribution is 7.67. The molecule has 0 spiro atoms. The third-order valence-electron chi connectivity index (χ3n) is 5.52. The quantitative estimate of drug-likeness (QED) is 0.396. The maximum absolute atomic E-state index is 14.5. The summed E-state index contributed by atoms with van der Waals surface area (Å²) in [4.78, 5) is 13.3. The third kappa shape index (κ3) is 6.66. The van der Waals surface area contributed by atoms with E-state index in [9.17, 15) is 14.5 Å². The van der Waals surface area contributed by atoms with Gasteiger partial charge in [-0.1, -0.05) is 72.8 Å². The molecule has 5 nitrogen and oxygen atoms in total. The van der Waals surface area contributed by atoms with E-state index in [-0.39, 0.29) is 5.91 Å². The Bertz CT molecular complexity index is 1130. The Labute approximate surface area is 202 Å². The van der Waals surface area contributed by atoms with Gasteiger partial charge in [0, 0.05) is 10.8 Å². The summed E-state index contributed by atoms with van der Waals surface area (Å²) in [5.74, 6) is -1.76. The van der Waals surface area contributed by atoms with Crippen molar-refractivity contribution in [1.29, 1.82) is 0 Å². The van der Waals surface area contributed by atoms with Gasteiger partial charge in [0.2, 0.25) is 5.91 Å². The van der Waals surface area contributed by atoms with Gasteiger partial charge in [-0.3, -0.25) is 9.36 Å². The zero-order valence-corrected chi connectivity index (χ0v) is 21.2. The van der Waals surface area contributed by atoms with E-state index in [4.69, 9.17) is 4.52 Å². The lowest BCUT2D eigenvalue weighted by molar-refractivity contribution is -0.129. The summed E-state index contributed by atoms with van der Waals surface area (Å²) < 4.78 is 20.7. The molecule has 180 valence electrons. The van der Waals surface area contributed by atoms with Crippen molar-refractivity contribution in [2.45, 2.75) is 58.0 Å². The molecule has 0 radical (unpaired) electrons. The predicted octanol–water partition coefficient (Wildman–Crippen LogP) is 5.52. The number of carbonyl (C=O) groups excluding carboxylic acids is 1. The van der Waals surface area contributed by atoms with E-state index in [2.05, 4.69) is 5.32 Å². The van der Waals surface area contributed by atoms with Crippen LogP contribution in [0.1, 0.15) is 49.7 Å². The molecular formula is C28H34NO4P. The minimum Gasteiger partial charge on any atom is -0.378 e. The molecule has 3 aromatic carbocycles. The second kappa shape index (κ2) is 11.1. The molecule has 34 heavy (non-hydrogen) atoms. The summed E-state index contributed by atoms with van der Waals surface area (Å²) in [5, 5.41) is 14.7. The van der Waals surface area contributed by atoms with E-state index in [1.165, 1.54) is 0 Å². The molecule has 0 bridgehead atoms. The second-order valence-electron chi connectivity index (χ2n) is 9.52. The topological polar surface area (TPSA) is 75.6 Å². The summed E-state index contributed by atoms with van der Waals surface area (Å²) >= 11 is 0. The van der Waals surface area contributed by atoms with E-state index in [1.807, 2.05) is 76.2 Å². The first-order valence-electron chi connectivity index (χ1n) is 11.5. The summed E-state index contributed by atoms with van der Waals surface area (Å²) in [7, 11) is -3.91. The van der Waals surface area contributed by atoms with Crippen molar-refractivity contribution < 1.29 is 19.0 Å². The Morgan fingerprint density at radius 3 is 2.09 bits per heavy atom. The van der Waals surface area contributed by atoms with Gasteiger partial charge in [-0.15, -0.1) is 0 Å². The van der Waals surface area contributed by atoms with Crippen molar-refractivity contribution in [1.82, 2.24) is 5.32 Å². The number of aliphatic hydroxyl groups excluding tert-OH is 1. The maximum Gasteiger partial charge on any atom is 0.264 e. The van der Waals surface area contributed by atoms with Crippen LogP contribution >= 0.6 is 7.37 Å². The third-order valence-corrected chi connectivity index (χ3v) is 8.02. The largest absolute Gasteiger partial charge is 0.378 e. The van der Waals surface area contributed by atoms with Gasteiger partial charge in [0.25, 0.3) is 7.37 Å². The number of aliphatic hydroxyl groups is 1. The monoisotopic (exact) mass is 479 g/mol. The normalized spacial score (nSPS) is 15.2. The van der Waals surface area contributed by atoms with Crippen molar-refractivity contribution in [2.24, 2.45) is 0 Å². The number of hydrogen-bond donors (Lipinski definition) is 2. The molecule has 0 heterocycles. The van der Waals surface area contributed by atoms with Crippen molar-refractivity contribution in [3.05, 3.63) is 102 Å². The zero-order chi connectivity index (χ0) is 24.8. The van der Waals surface area contributed by atoms with Gasteiger partial charge in [0.1, 0.15) is 6.10 Å². The van der Waals surface area contributed by atoms with Gasteiger partial charge in [-0.25, -0.2) is 0 Å². The van der Waals surface area contributed by atoms with Gasteiger partial charge >= 0.3 is 0 Å². The molecule has 3 rings (SSSR count). The Balaban J connectivity index is 2.00. The van der Waals surface area contributed by atoms with Crippen LogP contribution in [0, 0.1) is 6.92 Å². The Hall–Kier alpha value is -2.72. The molecule has 0 aliphatic carbocycles. The van der Waals surface area contributed by atoms with Crippen LogP contribution in [0.25, 0.3) is 0 Å². The molecule has 0 saturated carbocycles. The number of aryl methyl sites for hydroxylation is 2. The molecule has 6 heteroatoms. The number of hydrogen-bond acceptors (Lipinski definition) is 4. The molecule has 3 aromatic rings. The Morgan fingerprint density at radius 2 is 1.50 bits per heavy atom. The van der Waals surface area contributed by atoms with Crippen molar-refractivity contribution >= 4 is 18.6 Å². The lowest BCUT2D eigenvalue weighted by atomic mass is 10.0. The molecule has 0 aliphatic rings. The first-order valence-corrected chi connectivity index (χ1v) is 13.2. The maximum atomic E-state index is 14.5. The Kier molecular flexibility index (Phi) is 8.48. The molecule has 3 atom stereocenters. The minimum absolute atomic E-state index is 0.323. The van der Waals surface area contributed by atoms with Gasteiger partial charge < -0.3 is 14.9 Å². The zero-order valence-electron chi connectivity index (χ0n) is 20.3. The van der Waals surface area contributed by atoms with Crippen LogP contribution in [-0.2, 0) is 20.3 Å². The molecule has 0 saturated heterocycles. The first kappa shape index (κ1) is 25.9. The molecule has 0 fully saturated rings. The molecule has 0 aliphatic heterocycles. The lowest BCUT2D eigenvalue weighted by Crippen LogP contribution is -2.47. The van der Waals surface area contributed by atoms with E-state index in [0.717, 1.165) is 11.1 Å². The fraction of sp³-hybridized carbons (Fsp3) is 0.321. The van der Waals surface area contributed by atoms with Gasteiger partial charge in [-0.2, -0.15) is 0 Å². The van der Waals surface area contributed by atoms with Crippen LogP contribution in [-0.4, -0.2) is 22.7 Å². The average Bonchev–Trinajstić information content (AvgIpc) is 2.81. The summed E-state index contributed by atoms with van der Waals surface area (Å²) in [5.41, 5.74) is 1.88. The highest BCUT2D eigenvalue weighted by atomic mass is 31.2. The number of rotatable bonds is 9. The lowest BCUT2D eigenvalue weighted by Gasteiger charge is -2.31. The van der Waals surface area contributed by atoms with Crippen LogP contribution in [0.4, 0.5) is 0 Å². The van der Waals surface area contributed by atoms with Gasteiger partial charge in [0.05, 0.1) is 0 Å². The van der Waals surface area contributed by atoms with Crippen LogP contribution in [0.3, 0.4) is 0 Å². The molecular weight excluding hydrogens is 445 g/mol. The second-order valence-corrected chi connectivity index (χ2v) is 11.9. The standard InChI is InChI=1S/C28H34NO4P/c1-21-13-11-12-18-24(21)27(31)34(32,23-16-9-6-10-17-23)33-25(26(30)29-28(2,3)4)20-19-22-14-7-5-8-15-22/h5-18,25,27,31H,19-20H2,1-4H3,(H,29,30). The van der Waals surface area contributed by atoms with Crippen molar-refractivity contribution in [3.8, 4) is 0 Å². The molecule has 0 aromatic heterocycles. The van der Waals surface area contributed by atoms with Crippen LogP contribution in [0.5, 0.6) is 0 Å². The summed E-state index contributed by atoms with van der Waals surface area (Å²) in [6.07, 6.45) is -0.120. The average molecular weight is 480 g/mol. The minimum atomic E-state index is -3.91. The summed E-state index contributed by atoms with van der Waals surface area (Å²) in [6.45, 7) is 7.52. The fourth-order valence-corrected chi connectivity index (χ4v) is 6.11. The van der Waals surface area contributed by atoms with Crippen LogP contribution < -0.4 is 10.6 Å². The Morgan fingerprint density at radius 1 is 0.941 bits per heavy atom. The van der Waals surface area contributed by atoms with Crippen LogP contribution in [0.2, 0.25) is 0 Å². The number of nitrogens with one attached hydrogen (secondary N) is 1. The molecule has 2 N–H and O–H groups in total. The highest BCUT2D eigenvalue weighted by Crippen LogP contribution is 2.59. The van der Waals surface area contributed by atoms with E-state index >= 15 is 0 Å². The predicted molar refractivity (Wildman–Crippen MR) is 137 cm³/mol. The van der Waals surface area contributed by atoms with E-state index in [1.54, 1.807) is 36.4 Å². The first-order chi connectivity index (χ1) is 16.1. The van der Waals surface area contributed by atoms with E-state index < -0.39 is 24.9 Å². The van der Waals surface area contributed by atoms with Crippen molar-refractivity contribution in [2.75, 3.05) is 0 Å².